The Bertz CT molecular complexity index is 708. The highest BCUT2D eigenvalue weighted by atomic mass is 79.9. The van der Waals surface area contributed by atoms with Gasteiger partial charge in [-0.15, -0.1) is 0 Å². The largest absolute Gasteiger partial charge is 0.436 e. The Morgan fingerprint density at radius 2 is 2.00 bits per heavy atom. The zero-order valence-electron chi connectivity index (χ0n) is 9.36. The van der Waals surface area contributed by atoms with Crippen LogP contribution in [0.5, 0.6) is 0 Å². The second kappa shape index (κ2) is 4.75. The first-order valence-corrected chi connectivity index (χ1v) is 6.98. The Balaban J connectivity index is 2.17. The lowest BCUT2D eigenvalue weighted by Gasteiger charge is -1.96. The molecular formula is C14H9BrClNO. The first kappa shape index (κ1) is 11.8. The molecule has 0 N–H and O–H groups in total. The van der Waals surface area contributed by atoms with Gasteiger partial charge in [0.2, 0.25) is 5.89 Å². The zero-order valence-corrected chi connectivity index (χ0v) is 11.7. The van der Waals surface area contributed by atoms with Gasteiger partial charge in [0, 0.05) is 5.33 Å². The third-order valence-corrected chi connectivity index (χ3v) is 3.69. The minimum Gasteiger partial charge on any atom is -0.436 e. The van der Waals surface area contributed by atoms with E-state index < -0.39 is 0 Å². The molecule has 0 aliphatic carbocycles. The fourth-order valence-electron chi connectivity index (χ4n) is 1.81. The van der Waals surface area contributed by atoms with E-state index in [-0.39, 0.29) is 0 Å². The van der Waals surface area contributed by atoms with Crippen LogP contribution in [0.2, 0.25) is 5.02 Å². The van der Waals surface area contributed by atoms with E-state index >= 15 is 0 Å². The van der Waals surface area contributed by atoms with Crippen LogP contribution in [0.3, 0.4) is 0 Å². The van der Waals surface area contributed by atoms with Crippen molar-refractivity contribution in [3.05, 3.63) is 53.1 Å². The number of oxazole rings is 1. The van der Waals surface area contributed by atoms with Gasteiger partial charge in [0.05, 0.1) is 10.6 Å². The van der Waals surface area contributed by atoms with E-state index in [0.29, 0.717) is 10.9 Å². The summed E-state index contributed by atoms with van der Waals surface area (Å²) in [5.74, 6) is 0.558. The Morgan fingerprint density at radius 1 is 1.17 bits per heavy atom. The molecule has 1 heterocycles. The Hall–Kier alpha value is -1.32. The summed E-state index contributed by atoms with van der Waals surface area (Å²) in [5, 5.41) is 1.45. The lowest BCUT2D eigenvalue weighted by molar-refractivity contribution is 0.620. The lowest BCUT2D eigenvalue weighted by atomic mass is 10.2. The monoisotopic (exact) mass is 321 g/mol. The first-order chi connectivity index (χ1) is 8.78. The summed E-state index contributed by atoms with van der Waals surface area (Å²) in [4.78, 5) is 4.48. The van der Waals surface area contributed by atoms with E-state index in [4.69, 9.17) is 16.0 Å². The van der Waals surface area contributed by atoms with E-state index in [9.17, 15) is 0 Å². The van der Waals surface area contributed by atoms with Gasteiger partial charge in [-0.05, 0) is 29.8 Å². The molecule has 0 aliphatic heterocycles. The minimum atomic E-state index is 0.558. The second-order valence-electron chi connectivity index (χ2n) is 3.93. The predicted molar refractivity (Wildman–Crippen MR) is 77.1 cm³/mol. The highest BCUT2D eigenvalue weighted by Crippen LogP contribution is 2.30. The number of nitrogens with zero attached hydrogens (tertiary/aromatic N) is 1. The molecule has 3 rings (SSSR count). The summed E-state index contributed by atoms with van der Waals surface area (Å²) in [5.41, 5.74) is 3.61. The van der Waals surface area contributed by atoms with Gasteiger partial charge in [-0.1, -0.05) is 45.7 Å². The fraction of sp³-hybridized carbons (Fsp3) is 0.0714. The molecule has 3 aromatic rings. The molecule has 0 bridgehead atoms. The Kier molecular flexibility index (Phi) is 3.10. The smallest absolute Gasteiger partial charge is 0.228 e. The summed E-state index contributed by atoms with van der Waals surface area (Å²) in [6, 6.07) is 13.5. The maximum absolute atomic E-state index is 6.14. The van der Waals surface area contributed by atoms with Gasteiger partial charge >= 0.3 is 0 Å². The van der Waals surface area contributed by atoms with Crippen molar-refractivity contribution >= 4 is 38.6 Å². The highest BCUT2D eigenvalue weighted by Gasteiger charge is 2.11. The number of hydrogen-bond donors (Lipinski definition) is 0. The molecule has 2 aromatic carbocycles. The second-order valence-corrected chi connectivity index (χ2v) is 4.90. The molecule has 0 radical (unpaired) electrons. The molecule has 0 aliphatic rings. The van der Waals surface area contributed by atoms with Crippen LogP contribution in [0, 0.1) is 0 Å². The molecule has 0 spiro atoms. The quantitative estimate of drug-likeness (QED) is 0.618. The average molecular weight is 323 g/mol. The molecule has 2 nitrogen and oxygen atoms in total. The molecule has 0 amide bonds. The van der Waals surface area contributed by atoms with Gasteiger partial charge in [-0.2, -0.15) is 0 Å². The van der Waals surface area contributed by atoms with Crippen molar-refractivity contribution < 1.29 is 4.42 Å². The van der Waals surface area contributed by atoms with Crippen LogP contribution in [0.25, 0.3) is 22.6 Å². The summed E-state index contributed by atoms with van der Waals surface area (Å²) >= 11 is 9.56. The van der Waals surface area contributed by atoms with Gasteiger partial charge in [-0.25, -0.2) is 4.98 Å². The van der Waals surface area contributed by atoms with Crippen molar-refractivity contribution in [1.29, 1.82) is 0 Å². The van der Waals surface area contributed by atoms with Crippen molar-refractivity contribution in [1.82, 2.24) is 4.98 Å². The first-order valence-electron chi connectivity index (χ1n) is 5.48. The highest BCUT2D eigenvalue weighted by molar-refractivity contribution is 9.08. The van der Waals surface area contributed by atoms with Gasteiger partial charge in [0.1, 0.15) is 5.52 Å². The van der Waals surface area contributed by atoms with E-state index in [0.717, 1.165) is 22.0 Å². The standard InChI is InChI=1S/C14H9BrClNO/c15-8-9-5-6-13-12(7-9)17-14(18-13)10-3-1-2-4-11(10)16/h1-7H,8H2. The molecule has 0 saturated carbocycles. The van der Waals surface area contributed by atoms with Crippen molar-refractivity contribution in [2.75, 3.05) is 0 Å². The summed E-state index contributed by atoms with van der Waals surface area (Å²) < 4.78 is 5.72. The number of fused-ring (bicyclic) bond motifs is 1. The predicted octanol–water partition coefficient (Wildman–Crippen LogP) is 5.04. The Labute approximate surface area is 118 Å². The van der Waals surface area contributed by atoms with E-state index in [1.807, 2.05) is 42.5 Å². The molecule has 0 atom stereocenters. The minimum absolute atomic E-state index is 0.558. The number of aromatic nitrogens is 1. The molecule has 4 heteroatoms. The third kappa shape index (κ3) is 2.04. The fourth-order valence-corrected chi connectivity index (χ4v) is 2.37. The maximum atomic E-state index is 6.14. The Morgan fingerprint density at radius 3 is 2.78 bits per heavy atom. The number of alkyl halides is 1. The van der Waals surface area contributed by atoms with Crippen molar-refractivity contribution in [3.63, 3.8) is 0 Å². The van der Waals surface area contributed by atoms with E-state index in [1.54, 1.807) is 0 Å². The van der Waals surface area contributed by atoms with Gasteiger partial charge in [-0.3, -0.25) is 0 Å². The van der Waals surface area contributed by atoms with Crippen LogP contribution >= 0.6 is 27.5 Å². The number of rotatable bonds is 2. The van der Waals surface area contributed by atoms with Crippen LogP contribution < -0.4 is 0 Å². The van der Waals surface area contributed by atoms with Crippen LogP contribution in [-0.2, 0) is 5.33 Å². The zero-order chi connectivity index (χ0) is 12.5. The molecular weight excluding hydrogens is 314 g/mol. The van der Waals surface area contributed by atoms with Crippen LogP contribution in [0.1, 0.15) is 5.56 Å². The van der Waals surface area contributed by atoms with Gasteiger partial charge in [0.25, 0.3) is 0 Å². The van der Waals surface area contributed by atoms with Crippen molar-refractivity contribution in [2.45, 2.75) is 5.33 Å². The summed E-state index contributed by atoms with van der Waals surface area (Å²) in [6.07, 6.45) is 0. The summed E-state index contributed by atoms with van der Waals surface area (Å²) in [6.45, 7) is 0. The lowest BCUT2D eigenvalue weighted by Crippen LogP contribution is -1.78. The van der Waals surface area contributed by atoms with Gasteiger partial charge < -0.3 is 4.42 Å². The molecule has 1 aromatic heterocycles. The van der Waals surface area contributed by atoms with E-state index in [1.165, 1.54) is 5.56 Å². The SMILES string of the molecule is Clc1ccccc1-c1nc2cc(CBr)ccc2o1. The van der Waals surface area contributed by atoms with Crippen LogP contribution in [-0.4, -0.2) is 4.98 Å². The van der Waals surface area contributed by atoms with E-state index in [2.05, 4.69) is 20.9 Å². The third-order valence-electron chi connectivity index (χ3n) is 2.71. The molecule has 18 heavy (non-hydrogen) atoms. The molecule has 0 saturated heterocycles. The molecule has 0 fully saturated rings. The average Bonchev–Trinajstić information content (AvgIpc) is 2.81. The summed E-state index contributed by atoms with van der Waals surface area (Å²) in [7, 11) is 0. The van der Waals surface area contributed by atoms with Crippen molar-refractivity contribution in [3.8, 4) is 11.5 Å². The molecule has 0 unspecified atom stereocenters. The number of halogens is 2. The van der Waals surface area contributed by atoms with Crippen LogP contribution in [0.15, 0.2) is 46.9 Å². The topological polar surface area (TPSA) is 26.0 Å². The number of hydrogen-bond acceptors (Lipinski definition) is 2. The van der Waals surface area contributed by atoms with Gasteiger partial charge in [0.15, 0.2) is 5.58 Å². The number of benzene rings is 2. The van der Waals surface area contributed by atoms with Crippen LogP contribution in [0.4, 0.5) is 0 Å². The maximum Gasteiger partial charge on any atom is 0.228 e. The normalized spacial score (nSPS) is 11.0. The molecule has 90 valence electrons. The van der Waals surface area contributed by atoms with Crippen molar-refractivity contribution in [2.24, 2.45) is 0 Å².